The molecule has 4 rings (SSSR count). The topological polar surface area (TPSA) is 77.0 Å². The number of furan rings is 1. The minimum absolute atomic E-state index is 0.0638. The summed E-state index contributed by atoms with van der Waals surface area (Å²) in [6.07, 6.45) is 1.55. The first-order valence-electron chi connectivity index (χ1n) is 7.24. The van der Waals surface area contributed by atoms with Gasteiger partial charge in [0.2, 0.25) is 0 Å². The standard InChI is InChI=1S/C17H14N2O4/c1-19-12-6-3-2-5-10(12)16(20)15(17(19)21)11-9-14(23-18-11)13-7-4-8-22-13/h2-8,14,20H,9H2,1H3/t14-/m0/s1. The first kappa shape index (κ1) is 13.6. The Balaban J connectivity index is 1.83. The third-order valence-corrected chi connectivity index (χ3v) is 4.09. The van der Waals surface area contributed by atoms with Crippen molar-refractivity contribution in [3.8, 4) is 5.75 Å². The molecule has 6 nitrogen and oxygen atoms in total. The van der Waals surface area contributed by atoms with Crippen LogP contribution in [0.3, 0.4) is 0 Å². The Hall–Kier alpha value is -3.02. The normalized spacial score (nSPS) is 17.3. The van der Waals surface area contributed by atoms with Crippen LogP contribution in [0.15, 0.2) is 57.0 Å². The average molecular weight is 310 g/mol. The van der Waals surface area contributed by atoms with Crippen LogP contribution in [0.4, 0.5) is 0 Å². The summed E-state index contributed by atoms with van der Waals surface area (Å²) in [5, 5.41) is 15.2. The van der Waals surface area contributed by atoms with Crippen LogP contribution in [-0.2, 0) is 11.9 Å². The monoisotopic (exact) mass is 310 g/mol. The predicted molar refractivity (Wildman–Crippen MR) is 84.5 cm³/mol. The van der Waals surface area contributed by atoms with Crippen molar-refractivity contribution >= 4 is 16.6 Å². The second kappa shape index (κ2) is 5.01. The number of oxime groups is 1. The van der Waals surface area contributed by atoms with E-state index in [9.17, 15) is 9.90 Å². The minimum atomic E-state index is -0.379. The van der Waals surface area contributed by atoms with E-state index < -0.39 is 0 Å². The minimum Gasteiger partial charge on any atom is -0.506 e. The highest BCUT2D eigenvalue weighted by molar-refractivity contribution is 6.07. The Morgan fingerprint density at radius 3 is 2.87 bits per heavy atom. The third-order valence-electron chi connectivity index (χ3n) is 4.09. The van der Waals surface area contributed by atoms with Gasteiger partial charge < -0.3 is 18.9 Å². The molecule has 23 heavy (non-hydrogen) atoms. The first-order chi connectivity index (χ1) is 11.2. The van der Waals surface area contributed by atoms with Gasteiger partial charge in [0, 0.05) is 18.9 Å². The number of aryl methyl sites for hydroxylation is 1. The van der Waals surface area contributed by atoms with E-state index in [0.717, 1.165) is 0 Å². The molecule has 0 bridgehead atoms. The fraction of sp³-hybridized carbons (Fsp3) is 0.176. The Morgan fingerprint density at radius 2 is 2.09 bits per heavy atom. The lowest BCUT2D eigenvalue weighted by atomic mass is 10.0. The lowest BCUT2D eigenvalue weighted by molar-refractivity contribution is 0.0689. The number of benzene rings is 1. The van der Waals surface area contributed by atoms with E-state index in [4.69, 9.17) is 9.25 Å². The van der Waals surface area contributed by atoms with Crippen molar-refractivity contribution in [2.24, 2.45) is 12.2 Å². The largest absolute Gasteiger partial charge is 0.506 e. The molecule has 0 fully saturated rings. The maximum Gasteiger partial charge on any atom is 0.263 e. The Morgan fingerprint density at radius 1 is 1.26 bits per heavy atom. The van der Waals surface area contributed by atoms with Crippen molar-refractivity contribution in [3.05, 3.63) is 64.3 Å². The highest BCUT2D eigenvalue weighted by Gasteiger charge is 2.30. The fourth-order valence-corrected chi connectivity index (χ4v) is 2.89. The van der Waals surface area contributed by atoms with Gasteiger partial charge in [0.25, 0.3) is 5.56 Å². The maximum absolute atomic E-state index is 12.6. The van der Waals surface area contributed by atoms with Crippen LogP contribution in [0.2, 0.25) is 0 Å². The molecule has 1 atom stereocenters. The molecule has 1 aromatic carbocycles. The van der Waals surface area contributed by atoms with Gasteiger partial charge in [0.05, 0.1) is 11.8 Å². The molecule has 0 saturated carbocycles. The van der Waals surface area contributed by atoms with Crippen molar-refractivity contribution in [1.82, 2.24) is 4.57 Å². The summed E-state index contributed by atoms with van der Waals surface area (Å²) in [6, 6.07) is 10.8. The molecule has 0 unspecified atom stereocenters. The van der Waals surface area contributed by atoms with Crippen LogP contribution in [-0.4, -0.2) is 15.4 Å². The molecule has 1 N–H and O–H groups in total. The fourth-order valence-electron chi connectivity index (χ4n) is 2.89. The summed E-state index contributed by atoms with van der Waals surface area (Å²) >= 11 is 0. The maximum atomic E-state index is 12.6. The van der Waals surface area contributed by atoms with Crippen LogP contribution in [0, 0.1) is 0 Å². The van der Waals surface area contributed by atoms with Crippen molar-refractivity contribution < 1.29 is 14.4 Å². The summed E-state index contributed by atoms with van der Waals surface area (Å²) in [6.45, 7) is 0. The Bertz CT molecular complexity index is 970. The second-order valence-corrected chi connectivity index (χ2v) is 5.46. The predicted octanol–water partition coefficient (Wildman–Crippen LogP) is 2.70. The highest BCUT2D eigenvalue weighted by atomic mass is 16.6. The SMILES string of the molecule is Cn1c(=O)c(C2=NO[C@H](c3ccco3)C2)c(O)c2ccccc21. The van der Waals surface area contributed by atoms with Crippen LogP contribution >= 0.6 is 0 Å². The molecule has 0 amide bonds. The first-order valence-corrected chi connectivity index (χ1v) is 7.24. The van der Waals surface area contributed by atoms with Gasteiger partial charge in [-0.15, -0.1) is 0 Å². The number of aromatic hydroxyl groups is 1. The lowest BCUT2D eigenvalue weighted by Crippen LogP contribution is -2.24. The number of pyridine rings is 1. The summed E-state index contributed by atoms with van der Waals surface area (Å²) in [4.78, 5) is 18.0. The van der Waals surface area contributed by atoms with Gasteiger partial charge in [-0.05, 0) is 24.3 Å². The number of hydrogen-bond acceptors (Lipinski definition) is 5. The molecule has 2 aromatic heterocycles. The average Bonchev–Trinajstić information content (AvgIpc) is 3.24. The van der Waals surface area contributed by atoms with Gasteiger partial charge in [-0.25, -0.2) is 0 Å². The highest BCUT2D eigenvalue weighted by Crippen LogP contribution is 2.33. The number of nitrogens with zero attached hydrogens (tertiary/aromatic N) is 2. The zero-order valence-electron chi connectivity index (χ0n) is 12.4. The number of fused-ring (bicyclic) bond motifs is 1. The van der Waals surface area contributed by atoms with E-state index in [-0.39, 0.29) is 23.0 Å². The van der Waals surface area contributed by atoms with Gasteiger partial charge in [-0.2, -0.15) is 0 Å². The van der Waals surface area contributed by atoms with E-state index in [1.54, 1.807) is 37.6 Å². The smallest absolute Gasteiger partial charge is 0.263 e. The van der Waals surface area contributed by atoms with Crippen molar-refractivity contribution in [3.63, 3.8) is 0 Å². The van der Waals surface area contributed by atoms with Crippen molar-refractivity contribution in [1.29, 1.82) is 0 Å². The van der Waals surface area contributed by atoms with Crippen molar-refractivity contribution in [2.75, 3.05) is 0 Å². The molecule has 0 spiro atoms. The van der Waals surface area contributed by atoms with E-state index in [2.05, 4.69) is 5.16 Å². The molecular weight excluding hydrogens is 296 g/mol. The van der Waals surface area contributed by atoms with Gasteiger partial charge >= 0.3 is 0 Å². The molecule has 116 valence electrons. The van der Waals surface area contributed by atoms with Crippen LogP contribution in [0.25, 0.3) is 10.9 Å². The Kier molecular flexibility index (Phi) is 2.97. The molecule has 3 heterocycles. The van der Waals surface area contributed by atoms with E-state index >= 15 is 0 Å². The van der Waals surface area contributed by atoms with Gasteiger partial charge in [0.15, 0.2) is 6.10 Å². The second-order valence-electron chi connectivity index (χ2n) is 5.46. The molecule has 1 aliphatic heterocycles. The molecule has 0 radical (unpaired) electrons. The number of para-hydroxylation sites is 1. The third kappa shape index (κ3) is 2.03. The molecule has 0 saturated heterocycles. The van der Waals surface area contributed by atoms with E-state index in [1.807, 2.05) is 12.1 Å². The lowest BCUT2D eigenvalue weighted by Gasteiger charge is -2.11. The zero-order chi connectivity index (χ0) is 16.0. The van der Waals surface area contributed by atoms with Gasteiger partial charge in [-0.1, -0.05) is 17.3 Å². The Labute approximate surface area is 131 Å². The molecule has 0 aliphatic carbocycles. The van der Waals surface area contributed by atoms with Crippen LogP contribution in [0.1, 0.15) is 23.8 Å². The number of aromatic nitrogens is 1. The van der Waals surface area contributed by atoms with Gasteiger partial charge in [0.1, 0.15) is 22.8 Å². The molecule has 1 aliphatic rings. The quantitative estimate of drug-likeness (QED) is 0.789. The zero-order valence-corrected chi connectivity index (χ0v) is 12.4. The number of rotatable bonds is 2. The summed E-state index contributed by atoms with van der Waals surface area (Å²) in [5.41, 5.74) is 0.972. The van der Waals surface area contributed by atoms with E-state index in [1.165, 1.54) is 4.57 Å². The van der Waals surface area contributed by atoms with E-state index in [0.29, 0.717) is 28.8 Å². The molecule has 6 heteroatoms. The molecule has 3 aromatic rings. The number of hydrogen-bond donors (Lipinski definition) is 1. The van der Waals surface area contributed by atoms with Crippen LogP contribution < -0.4 is 5.56 Å². The summed E-state index contributed by atoms with van der Waals surface area (Å²) in [5.74, 6) is 0.576. The summed E-state index contributed by atoms with van der Waals surface area (Å²) in [7, 11) is 1.67. The van der Waals surface area contributed by atoms with Gasteiger partial charge in [-0.3, -0.25) is 4.79 Å². The van der Waals surface area contributed by atoms with Crippen LogP contribution in [0.5, 0.6) is 5.75 Å². The summed E-state index contributed by atoms with van der Waals surface area (Å²) < 4.78 is 6.82. The molecular formula is C17H14N2O4. The van der Waals surface area contributed by atoms with Crippen molar-refractivity contribution in [2.45, 2.75) is 12.5 Å².